The van der Waals surface area contributed by atoms with E-state index < -0.39 is 11.9 Å². The molecule has 43 heavy (non-hydrogen) atoms. The molecule has 8 heteroatoms. The number of carbonyl (C=O) groups excluding carboxylic acids is 1. The Bertz CT molecular complexity index is 1470. The summed E-state index contributed by atoms with van der Waals surface area (Å²) in [6.07, 6.45) is 1.64. The van der Waals surface area contributed by atoms with Crippen molar-refractivity contribution >= 4 is 23.5 Å². The number of carboxylic acids is 1. The molecule has 1 amide bonds. The van der Waals surface area contributed by atoms with Gasteiger partial charge >= 0.3 is 5.97 Å². The van der Waals surface area contributed by atoms with E-state index in [1.165, 1.54) is 0 Å². The Balaban J connectivity index is 1.54. The molecule has 224 valence electrons. The second kappa shape index (κ2) is 15.2. The van der Waals surface area contributed by atoms with Crippen molar-refractivity contribution in [1.82, 2.24) is 5.01 Å². The number of carboxylic acid groups (broad SMARTS) is 1. The molecule has 0 heterocycles. The van der Waals surface area contributed by atoms with E-state index in [4.69, 9.17) is 32.0 Å². The third-order valence-corrected chi connectivity index (χ3v) is 7.76. The monoisotopic (exact) mass is 600 g/mol. The fraction of sp³-hybridized carbons (Fsp3) is 0.257. The fourth-order valence-corrected chi connectivity index (χ4v) is 5.26. The van der Waals surface area contributed by atoms with Crippen molar-refractivity contribution in [3.63, 3.8) is 0 Å². The van der Waals surface area contributed by atoms with E-state index in [0.29, 0.717) is 17.2 Å². The van der Waals surface area contributed by atoms with Gasteiger partial charge in [0.05, 0.1) is 20.1 Å². The van der Waals surface area contributed by atoms with Crippen molar-refractivity contribution in [3.8, 4) is 22.6 Å². The molecule has 7 nitrogen and oxygen atoms in total. The Morgan fingerprint density at radius 1 is 0.814 bits per heavy atom. The van der Waals surface area contributed by atoms with Gasteiger partial charge in [0.15, 0.2) is 0 Å². The van der Waals surface area contributed by atoms with Crippen LogP contribution in [0, 0.1) is 0 Å². The second-order valence-corrected chi connectivity index (χ2v) is 10.8. The van der Waals surface area contributed by atoms with E-state index in [9.17, 15) is 9.59 Å². The van der Waals surface area contributed by atoms with Crippen molar-refractivity contribution < 1.29 is 24.2 Å². The lowest BCUT2D eigenvalue weighted by atomic mass is 9.79. The normalized spacial score (nSPS) is 12.3. The van der Waals surface area contributed by atoms with Crippen LogP contribution in [0.3, 0.4) is 0 Å². The number of methoxy groups -OCH3 is 1. The molecule has 2 atom stereocenters. The van der Waals surface area contributed by atoms with Crippen LogP contribution in [0.4, 0.5) is 0 Å². The third kappa shape index (κ3) is 8.60. The molecular formula is C35H37ClN2O5. The zero-order chi connectivity index (χ0) is 30.8. The Kier molecular flexibility index (Phi) is 11.2. The second-order valence-electron chi connectivity index (χ2n) is 10.4. The highest BCUT2D eigenvalue weighted by molar-refractivity contribution is 6.30. The van der Waals surface area contributed by atoms with Gasteiger partial charge in [0.1, 0.15) is 11.5 Å². The number of amides is 1. The molecule has 2 unspecified atom stereocenters. The number of nitrogens with zero attached hydrogens (tertiary/aromatic N) is 1. The Morgan fingerprint density at radius 2 is 1.35 bits per heavy atom. The van der Waals surface area contributed by atoms with E-state index in [-0.39, 0.29) is 24.8 Å². The first kappa shape index (κ1) is 31.6. The first-order valence-electron chi connectivity index (χ1n) is 14.3. The average molecular weight is 601 g/mol. The number of benzene rings is 4. The Labute approximate surface area is 257 Å². The molecule has 0 aromatic heterocycles. The van der Waals surface area contributed by atoms with Crippen LogP contribution in [-0.2, 0) is 4.79 Å². The van der Waals surface area contributed by atoms with Crippen molar-refractivity contribution in [2.24, 2.45) is 5.84 Å². The van der Waals surface area contributed by atoms with Gasteiger partial charge in [-0.05, 0) is 83.1 Å². The van der Waals surface area contributed by atoms with E-state index in [1.54, 1.807) is 19.2 Å². The standard InChI is InChI=1S/C35H37ClN2O5/c1-3-4-32(26-5-7-28(8-6-26)35(41)38(37)22-21-34(39)40)33(27-9-15-29(36)16-10-27)23-43-31-19-13-25(14-20-31)24-11-17-30(42-2)18-12-24/h5-20,32-33H,3-4,21-23,37H2,1-2H3,(H,39,40). The minimum atomic E-state index is -1.01. The van der Waals surface area contributed by atoms with Gasteiger partial charge in [0.2, 0.25) is 0 Å². The highest BCUT2D eigenvalue weighted by atomic mass is 35.5. The third-order valence-electron chi connectivity index (χ3n) is 7.50. The molecule has 4 rings (SSSR count). The number of rotatable bonds is 14. The number of hydrazine groups is 1. The molecule has 0 fully saturated rings. The van der Waals surface area contributed by atoms with E-state index in [1.807, 2.05) is 84.9 Å². The first-order valence-corrected chi connectivity index (χ1v) is 14.7. The van der Waals surface area contributed by atoms with Crippen molar-refractivity contribution in [2.45, 2.75) is 38.0 Å². The molecular weight excluding hydrogens is 564 g/mol. The zero-order valence-electron chi connectivity index (χ0n) is 24.4. The summed E-state index contributed by atoms with van der Waals surface area (Å²) in [4.78, 5) is 23.6. The van der Waals surface area contributed by atoms with Gasteiger partial charge in [0.25, 0.3) is 5.91 Å². The van der Waals surface area contributed by atoms with Crippen molar-refractivity contribution in [1.29, 1.82) is 0 Å². The van der Waals surface area contributed by atoms with Crippen LogP contribution in [0.1, 0.15) is 59.5 Å². The minimum Gasteiger partial charge on any atom is -0.497 e. The lowest BCUT2D eigenvalue weighted by Crippen LogP contribution is -2.38. The van der Waals surface area contributed by atoms with Gasteiger partial charge in [-0.3, -0.25) is 14.6 Å². The summed E-state index contributed by atoms with van der Waals surface area (Å²) in [5.41, 5.74) is 4.77. The maximum absolute atomic E-state index is 12.7. The maximum Gasteiger partial charge on any atom is 0.305 e. The predicted octanol–water partition coefficient (Wildman–Crippen LogP) is 7.55. The highest BCUT2D eigenvalue weighted by Crippen LogP contribution is 2.38. The Hall–Kier alpha value is -4.33. The van der Waals surface area contributed by atoms with Crippen LogP contribution in [0.2, 0.25) is 5.02 Å². The number of carbonyl (C=O) groups is 2. The maximum atomic E-state index is 12.7. The Morgan fingerprint density at radius 3 is 1.88 bits per heavy atom. The van der Waals surface area contributed by atoms with Gasteiger partial charge in [-0.1, -0.05) is 73.5 Å². The molecule has 4 aromatic carbocycles. The lowest BCUT2D eigenvalue weighted by Gasteiger charge is -2.28. The van der Waals surface area contributed by atoms with Crippen LogP contribution in [0.25, 0.3) is 11.1 Å². The van der Waals surface area contributed by atoms with Crippen LogP contribution in [0.5, 0.6) is 11.5 Å². The quantitative estimate of drug-likeness (QED) is 0.0880. The van der Waals surface area contributed by atoms with E-state index in [2.05, 4.69) is 6.92 Å². The summed E-state index contributed by atoms with van der Waals surface area (Å²) >= 11 is 6.22. The number of hydrogen-bond acceptors (Lipinski definition) is 5. The summed E-state index contributed by atoms with van der Waals surface area (Å²) in [7, 11) is 1.65. The van der Waals surface area contributed by atoms with Gasteiger partial charge < -0.3 is 14.6 Å². The van der Waals surface area contributed by atoms with Crippen LogP contribution >= 0.6 is 11.6 Å². The molecule has 0 aliphatic rings. The number of halogens is 1. The van der Waals surface area contributed by atoms with Crippen molar-refractivity contribution in [3.05, 3.63) is 119 Å². The molecule has 0 bridgehead atoms. The largest absolute Gasteiger partial charge is 0.497 e. The van der Waals surface area contributed by atoms with Gasteiger partial charge in [-0.25, -0.2) is 5.84 Å². The number of nitrogens with two attached hydrogens (primary N) is 1. The van der Waals surface area contributed by atoms with Gasteiger partial charge in [-0.2, -0.15) is 0 Å². The lowest BCUT2D eigenvalue weighted by molar-refractivity contribution is -0.137. The van der Waals surface area contributed by atoms with E-state index >= 15 is 0 Å². The topological polar surface area (TPSA) is 102 Å². The van der Waals surface area contributed by atoms with E-state index in [0.717, 1.165) is 51.6 Å². The van der Waals surface area contributed by atoms with Crippen LogP contribution in [-0.4, -0.2) is 42.3 Å². The SMILES string of the molecule is CCCC(c1ccc(C(=O)N(N)CCC(=O)O)cc1)C(COc1ccc(-c2ccc(OC)cc2)cc1)c1ccc(Cl)cc1. The number of aliphatic carboxylic acids is 1. The molecule has 3 N–H and O–H groups in total. The van der Waals surface area contributed by atoms with Gasteiger partial charge in [0, 0.05) is 23.0 Å². The molecule has 4 aromatic rings. The average Bonchev–Trinajstić information content (AvgIpc) is 3.04. The molecule has 0 spiro atoms. The first-order chi connectivity index (χ1) is 20.8. The molecule has 0 radical (unpaired) electrons. The molecule has 0 saturated carbocycles. The highest BCUT2D eigenvalue weighted by Gasteiger charge is 2.26. The predicted molar refractivity (Wildman–Crippen MR) is 170 cm³/mol. The summed E-state index contributed by atoms with van der Waals surface area (Å²) in [5, 5.41) is 10.5. The van der Waals surface area contributed by atoms with Crippen LogP contribution in [0.15, 0.2) is 97.1 Å². The fourth-order valence-electron chi connectivity index (χ4n) is 5.14. The number of hydrogen-bond donors (Lipinski definition) is 2. The van der Waals surface area contributed by atoms with Gasteiger partial charge in [-0.15, -0.1) is 0 Å². The summed E-state index contributed by atoms with van der Waals surface area (Å²) in [6, 6.07) is 31.3. The number of ether oxygens (including phenoxy) is 2. The minimum absolute atomic E-state index is 0.0154. The molecule has 0 aliphatic carbocycles. The summed E-state index contributed by atoms with van der Waals surface area (Å²) in [6.45, 7) is 2.53. The smallest absolute Gasteiger partial charge is 0.305 e. The summed E-state index contributed by atoms with van der Waals surface area (Å²) in [5.74, 6) is 6.10. The summed E-state index contributed by atoms with van der Waals surface area (Å²) < 4.78 is 11.7. The van der Waals surface area contributed by atoms with Crippen molar-refractivity contribution in [2.75, 3.05) is 20.3 Å². The molecule has 0 saturated heterocycles. The molecule has 0 aliphatic heterocycles. The van der Waals surface area contributed by atoms with Crippen LogP contribution < -0.4 is 15.3 Å². The zero-order valence-corrected chi connectivity index (χ0v) is 25.2.